The molecule has 4 rings (SSSR count). The van der Waals surface area contributed by atoms with Gasteiger partial charge in [0.2, 0.25) is 0 Å². The Morgan fingerprint density at radius 1 is 0.590 bits per heavy atom. The zero-order chi connectivity index (χ0) is 27.1. The molecular weight excluding hydrogens is 508 g/mol. The van der Waals surface area contributed by atoms with Crippen LogP contribution in [0.3, 0.4) is 0 Å². The minimum atomic E-state index is -0.952. The molecule has 0 aromatic heterocycles. The van der Waals surface area contributed by atoms with Crippen LogP contribution in [0.2, 0.25) is 0 Å². The number of hydrogen-bond donors (Lipinski definition) is 1. The normalized spacial score (nSPS) is 14.4. The SMILES string of the molecule is CO[C@@H](Sc1ccccc1)[C@@H](OCc1ccccc1)[C@H](OCc1ccccc1)[C@H](O)COCc1ccccc1. The highest BCUT2D eigenvalue weighted by Crippen LogP contribution is 2.31. The van der Waals surface area contributed by atoms with E-state index in [4.69, 9.17) is 18.9 Å². The number of ether oxygens (including phenoxy) is 4. The maximum atomic E-state index is 11.4. The lowest BCUT2D eigenvalue weighted by Crippen LogP contribution is -2.48. The Morgan fingerprint density at radius 2 is 1.03 bits per heavy atom. The molecule has 0 aliphatic rings. The Balaban J connectivity index is 1.55. The van der Waals surface area contributed by atoms with Crippen LogP contribution in [0.25, 0.3) is 0 Å². The van der Waals surface area contributed by atoms with Crippen molar-refractivity contribution >= 4 is 11.8 Å². The van der Waals surface area contributed by atoms with Crippen molar-refractivity contribution in [2.24, 2.45) is 0 Å². The Labute approximate surface area is 235 Å². The summed E-state index contributed by atoms with van der Waals surface area (Å²) in [5, 5.41) is 11.4. The molecule has 0 saturated heterocycles. The van der Waals surface area contributed by atoms with E-state index in [0.29, 0.717) is 19.8 Å². The Bertz CT molecular complexity index is 1180. The Kier molecular flexibility index (Phi) is 12.1. The van der Waals surface area contributed by atoms with Crippen LogP contribution in [0.5, 0.6) is 0 Å². The lowest BCUT2D eigenvalue weighted by molar-refractivity contribution is -0.166. The average Bonchev–Trinajstić information content (AvgIpc) is 3.00. The molecule has 4 aromatic rings. The van der Waals surface area contributed by atoms with Gasteiger partial charge in [-0.1, -0.05) is 121 Å². The van der Waals surface area contributed by atoms with Gasteiger partial charge in [0.05, 0.1) is 26.4 Å². The molecule has 0 bridgehead atoms. The predicted octanol–water partition coefficient (Wildman–Crippen LogP) is 6.50. The lowest BCUT2D eigenvalue weighted by atomic mass is 10.1. The van der Waals surface area contributed by atoms with E-state index < -0.39 is 23.7 Å². The molecular formula is C33H36O5S. The molecule has 0 heterocycles. The van der Waals surface area contributed by atoms with E-state index in [1.54, 1.807) is 18.9 Å². The highest BCUT2D eigenvalue weighted by atomic mass is 32.2. The average molecular weight is 545 g/mol. The molecule has 4 aromatic carbocycles. The van der Waals surface area contributed by atoms with Crippen LogP contribution < -0.4 is 0 Å². The van der Waals surface area contributed by atoms with Gasteiger partial charge in [0, 0.05) is 12.0 Å². The zero-order valence-corrected chi connectivity index (χ0v) is 23.0. The second-order valence-corrected chi connectivity index (χ2v) is 10.3. The first-order valence-corrected chi connectivity index (χ1v) is 14.0. The standard InChI is InChI=1S/C33H36O5S/c1-35-33(39-29-20-12-5-13-21-29)32(38-24-28-18-10-4-11-19-28)31(37-23-27-16-8-3-9-17-27)30(34)25-36-22-26-14-6-2-7-15-26/h2-21,30-34H,22-25H2,1H3/t30-,31-,32+,33+/m1/s1. The van der Waals surface area contributed by atoms with Crippen LogP contribution in [0.15, 0.2) is 126 Å². The van der Waals surface area contributed by atoms with Crippen molar-refractivity contribution in [2.75, 3.05) is 13.7 Å². The maximum Gasteiger partial charge on any atom is 0.136 e. The van der Waals surface area contributed by atoms with Crippen LogP contribution in [0.1, 0.15) is 16.7 Å². The van der Waals surface area contributed by atoms with E-state index in [9.17, 15) is 5.11 Å². The maximum absolute atomic E-state index is 11.4. The first kappa shape index (κ1) is 29.0. The molecule has 4 atom stereocenters. The summed E-state index contributed by atoms with van der Waals surface area (Å²) in [5.41, 5.74) is 2.63. The van der Waals surface area contributed by atoms with E-state index in [1.807, 2.05) is 121 Å². The summed E-state index contributed by atoms with van der Waals surface area (Å²) in [7, 11) is 1.66. The number of methoxy groups -OCH3 is 1. The molecule has 204 valence electrons. The van der Waals surface area contributed by atoms with Gasteiger partial charge < -0.3 is 24.1 Å². The molecule has 0 aliphatic heterocycles. The molecule has 0 amide bonds. The third kappa shape index (κ3) is 9.62. The van der Waals surface area contributed by atoms with Gasteiger partial charge in [-0.15, -0.1) is 0 Å². The third-order valence-corrected chi connectivity index (χ3v) is 7.41. The fraction of sp³-hybridized carbons (Fsp3) is 0.273. The summed E-state index contributed by atoms with van der Waals surface area (Å²) in [6.45, 7) is 1.15. The molecule has 0 radical (unpaired) electrons. The van der Waals surface area contributed by atoms with Crippen LogP contribution in [-0.2, 0) is 38.8 Å². The highest BCUT2D eigenvalue weighted by Gasteiger charge is 2.37. The number of benzene rings is 4. The summed E-state index contributed by atoms with van der Waals surface area (Å²) < 4.78 is 24.8. The van der Waals surface area contributed by atoms with Gasteiger partial charge in [0.1, 0.15) is 23.7 Å². The summed E-state index contributed by atoms with van der Waals surface area (Å²) in [6.07, 6.45) is -2.27. The quantitative estimate of drug-likeness (QED) is 0.128. The lowest BCUT2D eigenvalue weighted by Gasteiger charge is -2.35. The minimum Gasteiger partial charge on any atom is -0.388 e. The fourth-order valence-electron chi connectivity index (χ4n) is 4.14. The Morgan fingerprint density at radius 3 is 1.51 bits per heavy atom. The van der Waals surface area contributed by atoms with E-state index in [2.05, 4.69) is 0 Å². The molecule has 0 aliphatic carbocycles. The van der Waals surface area contributed by atoms with Crippen molar-refractivity contribution in [2.45, 2.75) is 48.5 Å². The molecule has 0 fully saturated rings. The van der Waals surface area contributed by atoms with E-state index in [0.717, 1.165) is 21.6 Å². The molecule has 39 heavy (non-hydrogen) atoms. The van der Waals surface area contributed by atoms with Crippen LogP contribution in [0, 0.1) is 0 Å². The number of aliphatic hydroxyl groups excluding tert-OH is 1. The minimum absolute atomic E-state index is 0.0893. The van der Waals surface area contributed by atoms with Crippen molar-refractivity contribution in [3.05, 3.63) is 138 Å². The van der Waals surface area contributed by atoms with Crippen LogP contribution in [-0.4, -0.2) is 42.6 Å². The molecule has 0 unspecified atom stereocenters. The van der Waals surface area contributed by atoms with E-state index in [-0.39, 0.29) is 6.61 Å². The van der Waals surface area contributed by atoms with Crippen molar-refractivity contribution in [1.82, 2.24) is 0 Å². The fourth-order valence-corrected chi connectivity index (χ4v) is 5.18. The highest BCUT2D eigenvalue weighted by molar-refractivity contribution is 7.99. The van der Waals surface area contributed by atoms with Gasteiger partial charge in [-0.2, -0.15) is 0 Å². The number of aliphatic hydroxyl groups is 1. The van der Waals surface area contributed by atoms with Crippen molar-refractivity contribution in [3.8, 4) is 0 Å². The number of thioether (sulfide) groups is 1. The summed E-state index contributed by atoms with van der Waals surface area (Å²) >= 11 is 1.54. The van der Waals surface area contributed by atoms with E-state index in [1.165, 1.54) is 0 Å². The molecule has 0 spiro atoms. The summed E-state index contributed by atoms with van der Waals surface area (Å²) in [6, 6.07) is 39.8. The molecule has 6 heteroatoms. The first-order valence-electron chi connectivity index (χ1n) is 13.1. The predicted molar refractivity (Wildman–Crippen MR) is 155 cm³/mol. The van der Waals surface area contributed by atoms with E-state index >= 15 is 0 Å². The number of hydrogen-bond acceptors (Lipinski definition) is 6. The smallest absolute Gasteiger partial charge is 0.136 e. The summed E-state index contributed by atoms with van der Waals surface area (Å²) in [4.78, 5) is 1.04. The molecule has 0 saturated carbocycles. The second kappa shape index (κ2) is 16.2. The molecule has 1 N–H and O–H groups in total. The van der Waals surface area contributed by atoms with Gasteiger partial charge in [-0.25, -0.2) is 0 Å². The topological polar surface area (TPSA) is 57.2 Å². The van der Waals surface area contributed by atoms with Crippen molar-refractivity contribution in [3.63, 3.8) is 0 Å². The van der Waals surface area contributed by atoms with Crippen molar-refractivity contribution < 1.29 is 24.1 Å². The third-order valence-electron chi connectivity index (χ3n) is 6.17. The van der Waals surface area contributed by atoms with Crippen molar-refractivity contribution in [1.29, 1.82) is 0 Å². The van der Waals surface area contributed by atoms with Gasteiger partial charge >= 0.3 is 0 Å². The second-order valence-electron chi connectivity index (χ2n) is 9.13. The monoisotopic (exact) mass is 544 g/mol. The van der Waals surface area contributed by atoms with Crippen LogP contribution in [0.4, 0.5) is 0 Å². The number of rotatable bonds is 16. The van der Waals surface area contributed by atoms with Gasteiger partial charge in [-0.3, -0.25) is 0 Å². The molecule has 5 nitrogen and oxygen atoms in total. The Hall–Kier alpha value is -2.97. The van der Waals surface area contributed by atoms with Crippen LogP contribution >= 0.6 is 11.8 Å². The van der Waals surface area contributed by atoms with Gasteiger partial charge in [0.25, 0.3) is 0 Å². The largest absolute Gasteiger partial charge is 0.388 e. The van der Waals surface area contributed by atoms with Gasteiger partial charge in [0.15, 0.2) is 0 Å². The summed E-state index contributed by atoms with van der Waals surface area (Å²) in [5.74, 6) is 0. The zero-order valence-electron chi connectivity index (χ0n) is 22.2. The van der Waals surface area contributed by atoms with Gasteiger partial charge in [-0.05, 0) is 28.8 Å². The first-order chi connectivity index (χ1) is 19.2.